The van der Waals surface area contributed by atoms with Crippen LogP contribution in [0.15, 0.2) is 59.4 Å². The van der Waals surface area contributed by atoms with Crippen LogP contribution in [0.2, 0.25) is 0 Å². The molecule has 0 radical (unpaired) electrons. The number of fused-ring (bicyclic) bond motifs is 1. The highest BCUT2D eigenvalue weighted by Gasteiger charge is 2.16. The number of hydrogen-bond acceptors (Lipinski definition) is 5. The third-order valence-corrected chi connectivity index (χ3v) is 6.13. The van der Waals surface area contributed by atoms with Gasteiger partial charge in [-0.25, -0.2) is 0 Å². The van der Waals surface area contributed by atoms with Crippen LogP contribution in [0.5, 0.6) is 0 Å². The normalized spacial score (nSPS) is 15.0. The average Bonchev–Trinajstić information content (AvgIpc) is 2.74. The zero-order valence-electron chi connectivity index (χ0n) is 15.9. The quantitative estimate of drug-likeness (QED) is 0.735. The van der Waals surface area contributed by atoms with Gasteiger partial charge in [0.15, 0.2) is 0 Å². The van der Waals surface area contributed by atoms with Crippen LogP contribution >= 0.6 is 11.3 Å². The van der Waals surface area contributed by atoms with Gasteiger partial charge in [0.2, 0.25) is 4.74 Å². The molecule has 1 aliphatic rings. The van der Waals surface area contributed by atoms with Crippen molar-refractivity contribution >= 4 is 39.4 Å². The number of piperazine rings is 1. The van der Waals surface area contributed by atoms with E-state index < -0.39 is 0 Å². The second-order valence-electron chi connectivity index (χ2n) is 6.91. The molecule has 5 nitrogen and oxygen atoms in total. The Labute approximate surface area is 168 Å². The second-order valence-corrected chi connectivity index (χ2v) is 7.92. The van der Waals surface area contributed by atoms with E-state index in [2.05, 4.69) is 22.0 Å². The van der Waals surface area contributed by atoms with Gasteiger partial charge < -0.3 is 15.1 Å². The first-order valence-corrected chi connectivity index (χ1v) is 10.4. The van der Waals surface area contributed by atoms with E-state index in [4.69, 9.17) is 0 Å². The Bertz CT molecular complexity index is 1040. The summed E-state index contributed by atoms with van der Waals surface area (Å²) in [6.07, 6.45) is 0. The van der Waals surface area contributed by atoms with Gasteiger partial charge >= 0.3 is 0 Å². The summed E-state index contributed by atoms with van der Waals surface area (Å²) >= 11 is 0.982. The standard InChI is InChI=1S/C22H23N3O2S/c1-2-24-11-13-25(14-12-24)18-9-7-17(8-10-18)23-21(26)20-15-16-5-3-4-6-19(16)22(27)28-20/h3-10,15H,2,11-14H2,1H3,(H,23,26). The summed E-state index contributed by atoms with van der Waals surface area (Å²) < 4.78 is -0.0928. The molecule has 2 aromatic carbocycles. The highest BCUT2D eigenvalue weighted by molar-refractivity contribution is 7.12. The monoisotopic (exact) mass is 393 g/mol. The summed E-state index contributed by atoms with van der Waals surface area (Å²) in [7, 11) is 0. The topological polar surface area (TPSA) is 52.6 Å². The summed E-state index contributed by atoms with van der Waals surface area (Å²) in [6, 6.07) is 17.0. The third-order valence-electron chi connectivity index (χ3n) is 5.20. The van der Waals surface area contributed by atoms with Crippen LogP contribution in [0, 0.1) is 0 Å². The molecule has 0 aliphatic carbocycles. The van der Waals surface area contributed by atoms with Gasteiger partial charge in [-0.1, -0.05) is 36.5 Å². The lowest BCUT2D eigenvalue weighted by molar-refractivity contribution is 0.103. The number of anilines is 2. The summed E-state index contributed by atoms with van der Waals surface area (Å²) in [6.45, 7) is 7.49. The maximum atomic E-state index is 12.6. The molecule has 28 heavy (non-hydrogen) atoms. The molecule has 6 heteroatoms. The lowest BCUT2D eigenvalue weighted by Gasteiger charge is -2.35. The molecule has 1 fully saturated rings. The number of amides is 1. The summed E-state index contributed by atoms with van der Waals surface area (Å²) in [5.74, 6) is -0.253. The summed E-state index contributed by atoms with van der Waals surface area (Å²) in [4.78, 5) is 30.1. The van der Waals surface area contributed by atoms with Gasteiger partial charge in [-0.3, -0.25) is 9.59 Å². The van der Waals surface area contributed by atoms with Crippen molar-refractivity contribution in [2.24, 2.45) is 0 Å². The molecule has 2 heterocycles. The molecule has 1 saturated heterocycles. The van der Waals surface area contributed by atoms with Gasteiger partial charge in [0.05, 0.1) is 4.88 Å². The van der Waals surface area contributed by atoms with E-state index in [1.807, 2.05) is 42.5 Å². The SMILES string of the molecule is CCN1CCN(c2ccc(NC(=O)c3cc4ccccc4c(=O)s3)cc2)CC1. The van der Waals surface area contributed by atoms with Crippen LogP contribution in [0.4, 0.5) is 11.4 Å². The van der Waals surface area contributed by atoms with Gasteiger partial charge in [0, 0.05) is 42.9 Å². The highest BCUT2D eigenvalue weighted by Crippen LogP contribution is 2.21. The molecule has 1 aliphatic heterocycles. The number of carbonyl (C=O) groups excluding carboxylic acids is 1. The van der Waals surface area contributed by atoms with Crippen LogP contribution in [0.25, 0.3) is 10.8 Å². The van der Waals surface area contributed by atoms with E-state index in [0.29, 0.717) is 10.3 Å². The predicted molar refractivity (Wildman–Crippen MR) is 117 cm³/mol. The zero-order chi connectivity index (χ0) is 19.5. The smallest absolute Gasteiger partial charge is 0.265 e. The fourth-order valence-electron chi connectivity index (χ4n) is 3.52. The first-order valence-electron chi connectivity index (χ1n) is 9.55. The molecule has 1 N–H and O–H groups in total. The lowest BCUT2D eigenvalue weighted by Crippen LogP contribution is -2.46. The van der Waals surface area contributed by atoms with Crippen LogP contribution in [0.3, 0.4) is 0 Å². The molecule has 0 saturated carbocycles. The van der Waals surface area contributed by atoms with E-state index in [-0.39, 0.29) is 10.6 Å². The fourth-order valence-corrected chi connectivity index (χ4v) is 4.34. The van der Waals surface area contributed by atoms with Gasteiger partial charge in [0.1, 0.15) is 0 Å². The second kappa shape index (κ2) is 8.12. The molecular weight excluding hydrogens is 370 g/mol. The molecule has 1 amide bonds. The number of likely N-dealkylation sites (N-methyl/N-ethyl adjacent to an activating group) is 1. The molecular formula is C22H23N3O2S. The van der Waals surface area contributed by atoms with Crippen molar-refractivity contribution in [3.05, 3.63) is 69.0 Å². The average molecular weight is 394 g/mol. The lowest BCUT2D eigenvalue weighted by atomic mass is 10.2. The van der Waals surface area contributed by atoms with Crippen LogP contribution in [-0.2, 0) is 0 Å². The third kappa shape index (κ3) is 3.93. The van der Waals surface area contributed by atoms with E-state index in [9.17, 15) is 9.59 Å². The minimum absolute atomic E-state index is 0.0928. The first-order chi connectivity index (χ1) is 13.6. The van der Waals surface area contributed by atoms with Crippen molar-refractivity contribution in [1.82, 2.24) is 4.90 Å². The Hall–Kier alpha value is -2.70. The first kappa shape index (κ1) is 18.7. The molecule has 0 spiro atoms. The van der Waals surface area contributed by atoms with Crippen LogP contribution in [0.1, 0.15) is 16.6 Å². The van der Waals surface area contributed by atoms with Gasteiger partial charge in [0.25, 0.3) is 5.91 Å². The van der Waals surface area contributed by atoms with Gasteiger partial charge in [-0.15, -0.1) is 0 Å². The molecule has 144 valence electrons. The van der Waals surface area contributed by atoms with E-state index in [1.54, 1.807) is 12.1 Å². The van der Waals surface area contributed by atoms with Crippen molar-refractivity contribution in [1.29, 1.82) is 0 Å². The maximum absolute atomic E-state index is 12.6. The Balaban J connectivity index is 1.46. The number of carbonyl (C=O) groups is 1. The Kier molecular flexibility index (Phi) is 5.41. The molecule has 0 unspecified atom stereocenters. The van der Waals surface area contributed by atoms with Crippen molar-refractivity contribution < 1.29 is 4.79 Å². The predicted octanol–water partition coefficient (Wildman–Crippen LogP) is 3.66. The van der Waals surface area contributed by atoms with Crippen molar-refractivity contribution in [3.8, 4) is 0 Å². The van der Waals surface area contributed by atoms with E-state index in [0.717, 1.165) is 55.1 Å². The largest absolute Gasteiger partial charge is 0.369 e. The van der Waals surface area contributed by atoms with Gasteiger partial charge in [-0.2, -0.15) is 0 Å². The van der Waals surface area contributed by atoms with Crippen molar-refractivity contribution in [2.45, 2.75) is 6.92 Å². The van der Waals surface area contributed by atoms with E-state index in [1.165, 1.54) is 5.69 Å². The highest BCUT2D eigenvalue weighted by atomic mass is 32.1. The number of hydrogen-bond donors (Lipinski definition) is 1. The molecule has 4 rings (SSSR count). The van der Waals surface area contributed by atoms with E-state index >= 15 is 0 Å². The van der Waals surface area contributed by atoms with Crippen LogP contribution < -0.4 is 15.0 Å². The molecule has 3 aromatic rings. The number of nitrogens with one attached hydrogen (secondary N) is 1. The fraction of sp³-hybridized carbons (Fsp3) is 0.273. The number of nitrogens with zero attached hydrogens (tertiary/aromatic N) is 2. The Morgan fingerprint density at radius 2 is 1.75 bits per heavy atom. The van der Waals surface area contributed by atoms with Gasteiger partial charge in [-0.05, 0) is 48.3 Å². The number of benzene rings is 2. The van der Waals surface area contributed by atoms with Crippen molar-refractivity contribution in [3.63, 3.8) is 0 Å². The minimum atomic E-state index is -0.253. The minimum Gasteiger partial charge on any atom is -0.369 e. The zero-order valence-corrected chi connectivity index (χ0v) is 16.7. The number of rotatable bonds is 4. The molecule has 0 atom stereocenters. The van der Waals surface area contributed by atoms with Crippen LogP contribution in [-0.4, -0.2) is 43.5 Å². The Morgan fingerprint density at radius 3 is 2.46 bits per heavy atom. The van der Waals surface area contributed by atoms with Crippen molar-refractivity contribution in [2.75, 3.05) is 42.9 Å². The Morgan fingerprint density at radius 1 is 1.04 bits per heavy atom. The summed E-state index contributed by atoms with van der Waals surface area (Å²) in [5, 5.41) is 4.34. The summed E-state index contributed by atoms with van der Waals surface area (Å²) in [5.41, 5.74) is 1.90. The maximum Gasteiger partial charge on any atom is 0.265 e. The molecule has 1 aromatic heterocycles. The molecule has 0 bridgehead atoms.